The number of benzene rings is 2. The maximum atomic E-state index is 12.9. The van der Waals surface area contributed by atoms with Gasteiger partial charge in [0.2, 0.25) is 0 Å². The van der Waals surface area contributed by atoms with Gasteiger partial charge in [-0.15, -0.1) is 0 Å². The molecule has 2 aromatic carbocycles. The standard InChI is InChI=1S/C23H22ClN3O2/c1-15-19(16(2)27(25-15)13-18-9-4-6-10-20(18)24)14-26(3)23(28)22-12-17-8-5-7-11-21(17)29-22/h4-12H,13-14H2,1-3H3. The van der Waals surface area contributed by atoms with Crippen LogP contribution in [0.25, 0.3) is 11.0 Å². The number of carbonyl (C=O) groups excluding carboxylic acids is 1. The summed E-state index contributed by atoms with van der Waals surface area (Å²) in [5, 5.41) is 6.30. The van der Waals surface area contributed by atoms with Crippen molar-refractivity contribution in [3.8, 4) is 0 Å². The van der Waals surface area contributed by atoms with Crippen molar-refractivity contribution in [1.29, 1.82) is 0 Å². The maximum absolute atomic E-state index is 12.9. The summed E-state index contributed by atoms with van der Waals surface area (Å²) < 4.78 is 7.66. The van der Waals surface area contributed by atoms with Gasteiger partial charge < -0.3 is 9.32 Å². The molecule has 0 radical (unpaired) electrons. The molecule has 2 heterocycles. The first-order valence-corrected chi connectivity index (χ1v) is 9.82. The third kappa shape index (κ3) is 3.78. The van der Waals surface area contributed by atoms with Gasteiger partial charge in [-0.1, -0.05) is 48.0 Å². The Hall–Kier alpha value is -3.05. The second kappa shape index (κ2) is 7.76. The zero-order chi connectivity index (χ0) is 20.5. The van der Waals surface area contributed by atoms with Crippen LogP contribution in [-0.2, 0) is 13.1 Å². The van der Waals surface area contributed by atoms with Gasteiger partial charge in [-0.05, 0) is 37.6 Å². The molecule has 4 aromatic rings. The number of para-hydroxylation sites is 1. The molecule has 0 spiro atoms. The summed E-state index contributed by atoms with van der Waals surface area (Å²) in [4.78, 5) is 14.5. The van der Waals surface area contributed by atoms with E-state index in [0.717, 1.165) is 32.9 Å². The van der Waals surface area contributed by atoms with Crippen LogP contribution in [0, 0.1) is 13.8 Å². The van der Waals surface area contributed by atoms with Crippen molar-refractivity contribution in [2.24, 2.45) is 0 Å². The molecule has 0 saturated carbocycles. The normalized spacial score (nSPS) is 11.2. The summed E-state index contributed by atoms with van der Waals surface area (Å²) in [6.07, 6.45) is 0. The molecule has 0 aliphatic rings. The van der Waals surface area contributed by atoms with E-state index in [2.05, 4.69) is 5.10 Å². The molecule has 5 nitrogen and oxygen atoms in total. The Balaban J connectivity index is 1.55. The summed E-state index contributed by atoms with van der Waals surface area (Å²) in [5.74, 6) is 0.186. The Labute approximate surface area is 174 Å². The lowest BCUT2D eigenvalue weighted by Crippen LogP contribution is -2.26. The fourth-order valence-electron chi connectivity index (χ4n) is 3.49. The van der Waals surface area contributed by atoms with Crippen molar-refractivity contribution in [3.63, 3.8) is 0 Å². The van der Waals surface area contributed by atoms with Gasteiger partial charge in [-0.2, -0.15) is 5.10 Å². The van der Waals surface area contributed by atoms with Crippen LogP contribution >= 0.6 is 11.6 Å². The average Bonchev–Trinajstić information content (AvgIpc) is 3.25. The lowest BCUT2D eigenvalue weighted by molar-refractivity contribution is 0.0755. The lowest BCUT2D eigenvalue weighted by Gasteiger charge is -2.16. The number of hydrogen-bond acceptors (Lipinski definition) is 3. The Morgan fingerprint density at radius 3 is 2.62 bits per heavy atom. The summed E-state index contributed by atoms with van der Waals surface area (Å²) in [6.45, 7) is 5.03. The number of aryl methyl sites for hydroxylation is 1. The smallest absolute Gasteiger partial charge is 0.289 e. The predicted molar refractivity (Wildman–Crippen MR) is 114 cm³/mol. The summed E-state index contributed by atoms with van der Waals surface area (Å²) in [5.41, 5.74) is 4.68. The van der Waals surface area contributed by atoms with Crippen LogP contribution < -0.4 is 0 Å². The highest BCUT2D eigenvalue weighted by molar-refractivity contribution is 6.31. The number of furan rings is 1. The minimum atomic E-state index is -0.154. The van der Waals surface area contributed by atoms with Crippen LogP contribution in [0.1, 0.15) is 33.1 Å². The number of rotatable bonds is 5. The molecule has 29 heavy (non-hydrogen) atoms. The number of nitrogens with zero attached hydrogens (tertiary/aromatic N) is 3. The first-order chi connectivity index (χ1) is 13.9. The molecule has 6 heteroatoms. The topological polar surface area (TPSA) is 51.3 Å². The van der Waals surface area contributed by atoms with E-state index in [4.69, 9.17) is 16.0 Å². The number of amides is 1. The van der Waals surface area contributed by atoms with Crippen molar-refractivity contribution >= 4 is 28.5 Å². The molecular formula is C23H22ClN3O2. The van der Waals surface area contributed by atoms with E-state index in [1.54, 1.807) is 18.0 Å². The van der Waals surface area contributed by atoms with E-state index in [1.807, 2.05) is 67.1 Å². The molecule has 0 unspecified atom stereocenters. The molecule has 0 atom stereocenters. The third-order valence-electron chi connectivity index (χ3n) is 5.19. The van der Waals surface area contributed by atoms with E-state index in [0.29, 0.717) is 24.4 Å². The molecular weight excluding hydrogens is 386 g/mol. The number of halogens is 1. The van der Waals surface area contributed by atoms with E-state index in [-0.39, 0.29) is 5.91 Å². The highest BCUT2D eigenvalue weighted by Crippen LogP contribution is 2.23. The summed E-state index contributed by atoms with van der Waals surface area (Å²) in [7, 11) is 1.78. The largest absolute Gasteiger partial charge is 0.451 e. The van der Waals surface area contributed by atoms with E-state index in [9.17, 15) is 4.79 Å². The zero-order valence-electron chi connectivity index (χ0n) is 16.6. The van der Waals surface area contributed by atoms with Gasteiger partial charge in [-0.25, -0.2) is 0 Å². The van der Waals surface area contributed by atoms with Gasteiger partial charge in [0.25, 0.3) is 5.91 Å². The monoisotopic (exact) mass is 407 g/mol. The number of hydrogen-bond donors (Lipinski definition) is 0. The average molecular weight is 408 g/mol. The minimum absolute atomic E-state index is 0.154. The van der Waals surface area contributed by atoms with Crippen molar-refractivity contribution < 1.29 is 9.21 Å². The van der Waals surface area contributed by atoms with Gasteiger partial charge >= 0.3 is 0 Å². The molecule has 0 aliphatic heterocycles. The fourth-order valence-corrected chi connectivity index (χ4v) is 3.68. The van der Waals surface area contributed by atoms with E-state index in [1.165, 1.54) is 0 Å². The van der Waals surface area contributed by atoms with Gasteiger partial charge in [-0.3, -0.25) is 9.48 Å². The molecule has 0 fully saturated rings. The van der Waals surface area contributed by atoms with Crippen LogP contribution in [0.5, 0.6) is 0 Å². The maximum Gasteiger partial charge on any atom is 0.289 e. The van der Waals surface area contributed by atoms with Crippen LogP contribution in [0.3, 0.4) is 0 Å². The number of carbonyl (C=O) groups is 1. The zero-order valence-corrected chi connectivity index (χ0v) is 17.4. The molecule has 1 amide bonds. The minimum Gasteiger partial charge on any atom is -0.451 e. The van der Waals surface area contributed by atoms with Crippen molar-refractivity contribution in [3.05, 3.63) is 87.9 Å². The SMILES string of the molecule is Cc1nn(Cc2ccccc2Cl)c(C)c1CN(C)C(=O)c1cc2ccccc2o1. The first kappa shape index (κ1) is 19.3. The Bertz CT molecular complexity index is 1160. The van der Waals surface area contributed by atoms with E-state index >= 15 is 0 Å². The van der Waals surface area contributed by atoms with Crippen molar-refractivity contribution in [2.45, 2.75) is 26.9 Å². The number of fused-ring (bicyclic) bond motifs is 1. The highest BCUT2D eigenvalue weighted by Gasteiger charge is 2.20. The Kier molecular flexibility index (Phi) is 5.16. The summed E-state index contributed by atoms with van der Waals surface area (Å²) in [6, 6.07) is 17.2. The van der Waals surface area contributed by atoms with Crippen LogP contribution in [0.2, 0.25) is 5.02 Å². The lowest BCUT2D eigenvalue weighted by atomic mass is 10.1. The second-order valence-corrected chi connectivity index (χ2v) is 7.62. The Morgan fingerprint density at radius 1 is 1.14 bits per heavy atom. The van der Waals surface area contributed by atoms with Crippen molar-refractivity contribution in [2.75, 3.05) is 7.05 Å². The predicted octanol–water partition coefficient (Wildman–Crippen LogP) is 5.22. The third-order valence-corrected chi connectivity index (χ3v) is 5.56. The molecule has 0 bridgehead atoms. The van der Waals surface area contributed by atoms with Crippen LogP contribution in [-0.4, -0.2) is 27.6 Å². The van der Waals surface area contributed by atoms with E-state index < -0.39 is 0 Å². The molecule has 2 aromatic heterocycles. The molecule has 0 saturated heterocycles. The number of aromatic nitrogens is 2. The molecule has 148 valence electrons. The van der Waals surface area contributed by atoms with Gasteiger partial charge in [0.1, 0.15) is 5.58 Å². The highest BCUT2D eigenvalue weighted by atomic mass is 35.5. The summed E-state index contributed by atoms with van der Waals surface area (Å²) >= 11 is 6.30. The first-order valence-electron chi connectivity index (χ1n) is 9.44. The van der Waals surface area contributed by atoms with Crippen LogP contribution in [0.15, 0.2) is 59.0 Å². The fraction of sp³-hybridized carbons (Fsp3) is 0.217. The quantitative estimate of drug-likeness (QED) is 0.455. The second-order valence-electron chi connectivity index (χ2n) is 7.21. The van der Waals surface area contributed by atoms with Crippen LogP contribution in [0.4, 0.5) is 0 Å². The van der Waals surface area contributed by atoms with Gasteiger partial charge in [0.05, 0.1) is 12.2 Å². The Morgan fingerprint density at radius 2 is 1.86 bits per heavy atom. The molecule has 4 rings (SSSR count). The van der Waals surface area contributed by atoms with Gasteiger partial charge in [0.15, 0.2) is 5.76 Å². The van der Waals surface area contributed by atoms with Gasteiger partial charge in [0, 0.05) is 35.3 Å². The molecule has 0 aliphatic carbocycles. The molecule has 0 N–H and O–H groups in total. The van der Waals surface area contributed by atoms with Crippen molar-refractivity contribution in [1.82, 2.24) is 14.7 Å².